The van der Waals surface area contributed by atoms with Gasteiger partial charge in [-0.25, -0.2) is 5.43 Å². The van der Waals surface area contributed by atoms with Gasteiger partial charge in [0.05, 0.1) is 0 Å². The molecule has 0 saturated heterocycles. The van der Waals surface area contributed by atoms with Crippen molar-refractivity contribution < 1.29 is 9.59 Å². The summed E-state index contributed by atoms with van der Waals surface area (Å²) < 4.78 is 0. The van der Waals surface area contributed by atoms with Crippen molar-refractivity contribution in [2.75, 3.05) is 0 Å². The van der Waals surface area contributed by atoms with Crippen LogP contribution in [0.5, 0.6) is 0 Å². The zero-order chi connectivity index (χ0) is 12.3. The van der Waals surface area contributed by atoms with Gasteiger partial charge in [0.1, 0.15) is 5.71 Å². The molecule has 1 saturated carbocycles. The fourth-order valence-electron chi connectivity index (χ4n) is 2.47. The third-order valence-electron chi connectivity index (χ3n) is 3.44. The van der Waals surface area contributed by atoms with Crippen molar-refractivity contribution in [3.8, 4) is 0 Å². The van der Waals surface area contributed by atoms with E-state index in [1.807, 2.05) is 0 Å². The van der Waals surface area contributed by atoms with Crippen LogP contribution in [0.2, 0.25) is 0 Å². The number of hydrogen-bond donors (Lipinski definition) is 2. The summed E-state index contributed by atoms with van der Waals surface area (Å²) in [5.74, 6) is 0.444. The Labute approximate surface area is 101 Å². The predicted octanol–water partition coefficient (Wildman–Crippen LogP) is 0.947. The minimum Gasteiger partial charge on any atom is -0.348 e. The summed E-state index contributed by atoms with van der Waals surface area (Å²) in [6.45, 7) is 2.22. The molecule has 0 aromatic carbocycles. The lowest BCUT2D eigenvalue weighted by Gasteiger charge is -2.27. The molecule has 0 spiro atoms. The van der Waals surface area contributed by atoms with Crippen LogP contribution in [0, 0.1) is 5.92 Å². The van der Waals surface area contributed by atoms with Gasteiger partial charge in [0.15, 0.2) is 0 Å². The molecule has 2 aliphatic rings. The van der Waals surface area contributed by atoms with E-state index in [1.165, 1.54) is 12.8 Å². The topological polar surface area (TPSA) is 70.6 Å². The van der Waals surface area contributed by atoms with Crippen LogP contribution in [-0.2, 0) is 9.59 Å². The Morgan fingerprint density at radius 1 is 1.41 bits per heavy atom. The molecule has 1 heterocycles. The molecule has 2 unspecified atom stereocenters. The molecule has 17 heavy (non-hydrogen) atoms. The van der Waals surface area contributed by atoms with Crippen molar-refractivity contribution in [1.82, 2.24) is 10.7 Å². The quantitative estimate of drug-likeness (QED) is 0.750. The van der Waals surface area contributed by atoms with E-state index >= 15 is 0 Å². The highest BCUT2D eigenvalue weighted by Gasteiger charge is 2.24. The summed E-state index contributed by atoms with van der Waals surface area (Å²) in [6, 6.07) is 0.270. The average Bonchev–Trinajstić information content (AvgIpc) is 2.29. The lowest BCUT2D eigenvalue weighted by Crippen LogP contribution is -2.43. The largest absolute Gasteiger partial charge is 0.348 e. The summed E-state index contributed by atoms with van der Waals surface area (Å²) in [4.78, 5) is 22.8. The molecule has 1 aliphatic heterocycles. The molecule has 2 rings (SSSR count). The van der Waals surface area contributed by atoms with E-state index in [0.717, 1.165) is 12.8 Å². The highest BCUT2D eigenvalue weighted by molar-refractivity contribution is 6.39. The van der Waals surface area contributed by atoms with Crippen molar-refractivity contribution in [3.63, 3.8) is 0 Å². The lowest BCUT2D eigenvalue weighted by atomic mass is 9.87. The SMILES string of the molecule is CC1CCCC(NC(=O)C2=NNC(=O)CC2)C1. The first-order chi connectivity index (χ1) is 8.15. The van der Waals surface area contributed by atoms with Gasteiger partial charge >= 0.3 is 0 Å². The van der Waals surface area contributed by atoms with Gasteiger partial charge < -0.3 is 5.32 Å². The first-order valence-corrected chi connectivity index (χ1v) is 6.31. The Kier molecular flexibility index (Phi) is 3.76. The number of rotatable bonds is 2. The number of nitrogens with one attached hydrogen (secondary N) is 2. The molecule has 1 aliphatic carbocycles. The Balaban J connectivity index is 1.86. The fraction of sp³-hybridized carbons (Fsp3) is 0.750. The standard InChI is InChI=1S/C12H19N3O2/c1-8-3-2-4-9(7-8)13-12(17)10-5-6-11(16)15-14-10/h8-9H,2-7H2,1H3,(H,13,17)(H,15,16). The van der Waals surface area contributed by atoms with Crippen molar-refractivity contribution in [3.05, 3.63) is 0 Å². The fourth-order valence-corrected chi connectivity index (χ4v) is 2.47. The molecule has 2 atom stereocenters. The van der Waals surface area contributed by atoms with E-state index in [-0.39, 0.29) is 17.9 Å². The number of hydrazone groups is 1. The van der Waals surface area contributed by atoms with Gasteiger partial charge in [-0.2, -0.15) is 5.10 Å². The van der Waals surface area contributed by atoms with Gasteiger partial charge in [-0.3, -0.25) is 9.59 Å². The Morgan fingerprint density at radius 3 is 2.88 bits per heavy atom. The molecule has 2 N–H and O–H groups in total. The van der Waals surface area contributed by atoms with Crippen LogP contribution in [0.1, 0.15) is 45.4 Å². The van der Waals surface area contributed by atoms with Crippen molar-refractivity contribution in [2.45, 2.75) is 51.5 Å². The maximum Gasteiger partial charge on any atom is 0.267 e. The zero-order valence-electron chi connectivity index (χ0n) is 10.2. The summed E-state index contributed by atoms with van der Waals surface area (Å²) in [5, 5.41) is 6.81. The van der Waals surface area contributed by atoms with Gasteiger partial charge in [0.25, 0.3) is 5.91 Å². The summed E-state index contributed by atoms with van der Waals surface area (Å²) in [5.41, 5.74) is 2.79. The van der Waals surface area contributed by atoms with Gasteiger partial charge in [0.2, 0.25) is 5.91 Å². The molecule has 0 aromatic rings. The van der Waals surface area contributed by atoms with Crippen LogP contribution in [0.15, 0.2) is 5.10 Å². The minimum atomic E-state index is -0.121. The molecule has 5 nitrogen and oxygen atoms in total. The minimum absolute atomic E-state index is 0.118. The first kappa shape index (κ1) is 12.1. The van der Waals surface area contributed by atoms with Gasteiger partial charge in [-0.15, -0.1) is 0 Å². The number of amides is 2. The first-order valence-electron chi connectivity index (χ1n) is 6.31. The summed E-state index contributed by atoms with van der Waals surface area (Å²) >= 11 is 0. The molecule has 1 fully saturated rings. The Morgan fingerprint density at radius 2 is 2.24 bits per heavy atom. The molecular formula is C12H19N3O2. The van der Waals surface area contributed by atoms with E-state index in [9.17, 15) is 9.59 Å². The normalized spacial score (nSPS) is 29.2. The van der Waals surface area contributed by atoms with E-state index in [0.29, 0.717) is 24.5 Å². The third kappa shape index (κ3) is 3.28. The van der Waals surface area contributed by atoms with Crippen LogP contribution in [-0.4, -0.2) is 23.6 Å². The van der Waals surface area contributed by atoms with E-state index in [2.05, 4.69) is 22.8 Å². The average molecular weight is 237 g/mol. The highest BCUT2D eigenvalue weighted by atomic mass is 16.2. The number of carbonyl (C=O) groups excluding carboxylic acids is 2. The van der Waals surface area contributed by atoms with E-state index in [1.54, 1.807) is 0 Å². The smallest absolute Gasteiger partial charge is 0.267 e. The maximum atomic E-state index is 11.9. The number of hydrogen-bond acceptors (Lipinski definition) is 3. The molecular weight excluding hydrogens is 218 g/mol. The highest BCUT2D eigenvalue weighted by Crippen LogP contribution is 2.23. The van der Waals surface area contributed by atoms with Crippen LogP contribution < -0.4 is 10.7 Å². The molecule has 5 heteroatoms. The van der Waals surface area contributed by atoms with E-state index in [4.69, 9.17) is 0 Å². The van der Waals surface area contributed by atoms with Crippen LogP contribution in [0.3, 0.4) is 0 Å². The van der Waals surface area contributed by atoms with Crippen LogP contribution >= 0.6 is 0 Å². The summed E-state index contributed by atoms with van der Waals surface area (Å²) in [6.07, 6.45) is 5.33. The number of nitrogens with zero attached hydrogens (tertiary/aromatic N) is 1. The molecule has 0 aromatic heterocycles. The predicted molar refractivity (Wildman–Crippen MR) is 64.4 cm³/mol. The van der Waals surface area contributed by atoms with E-state index < -0.39 is 0 Å². The van der Waals surface area contributed by atoms with Gasteiger partial charge in [0, 0.05) is 18.9 Å². The van der Waals surface area contributed by atoms with Crippen molar-refractivity contribution >= 4 is 17.5 Å². The second-order valence-electron chi connectivity index (χ2n) is 5.04. The third-order valence-corrected chi connectivity index (χ3v) is 3.44. The molecule has 2 amide bonds. The summed E-state index contributed by atoms with van der Waals surface area (Å²) in [7, 11) is 0. The van der Waals surface area contributed by atoms with Crippen LogP contribution in [0.25, 0.3) is 0 Å². The molecule has 0 radical (unpaired) electrons. The monoisotopic (exact) mass is 237 g/mol. The van der Waals surface area contributed by atoms with Gasteiger partial charge in [-0.05, 0) is 18.8 Å². The van der Waals surface area contributed by atoms with Crippen LogP contribution in [0.4, 0.5) is 0 Å². The lowest BCUT2D eigenvalue weighted by molar-refractivity contribution is -0.121. The Hall–Kier alpha value is -1.39. The second-order valence-corrected chi connectivity index (χ2v) is 5.04. The van der Waals surface area contributed by atoms with Crippen molar-refractivity contribution in [2.24, 2.45) is 11.0 Å². The van der Waals surface area contributed by atoms with Gasteiger partial charge in [-0.1, -0.05) is 19.8 Å². The Bertz CT molecular complexity index is 352. The molecule has 0 bridgehead atoms. The zero-order valence-corrected chi connectivity index (χ0v) is 10.2. The second kappa shape index (κ2) is 5.29. The maximum absolute atomic E-state index is 11.9. The molecule has 94 valence electrons. The van der Waals surface area contributed by atoms with Crippen molar-refractivity contribution in [1.29, 1.82) is 0 Å². The number of carbonyl (C=O) groups is 2.